The minimum absolute atomic E-state index is 0.216. The monoisotopic (exact) mass is 295 g/mol. The van der Waals surface area contributed by atoms with Crippen LogP contribution in [0.1, 0.15) is 18.0 Å². The second-order valence-corrected chi connectivity index (χ2v) is 5.55. The number of hydrogen-bond acceptors (Lipinski definition) is 6. The molecule has 3 aromatic heterocycles. The quantitative estimate of drug-likeness (QED) is 0.739. The molecular formula is C15H17N7. The Morgan fingerprint density at radius 3 is 2.95 bits per heavy atom. The van der Waals surface area contributed by atoms with Crippen molar-refractivity contribution in [1.29, 1.82) is 0 Å². The molecule has 0 aromatic carbocycles. The highest BCUT2D eigenvalue weighted by Crippen LogP contribution is 2.30. The van der Waals surface area contributed by atoms with E-state index in [4.69, 9.17) is 11.5 Å². The number of fused-ring (bicyclic) bond motifs is 1. The third-order valence-corrected chi connectivity index (χ3v) is 4.13. The number of anilines is 3. The normalized spacial score (nSPS) is 18.2. The first kappa shape index (κ1) is 12.9. The first-order chi connectivity index (χ1) is 10.7. The molecule has 22 heavy (non-hydrogen) atoms. The second kappa shape index (κ2) is 4.87. The summed E-state index contributed by atoms with van der Waals surface area (Å²) in [6, 6.07) is 7.81. The second-order valence-electron chi connectivity index (χ2n) is 5.55. The summed E-state index contributed by atoms with van der Waals surface area (Å²) in [5.74, 6) is 1.82. The van der Waals surface area contributed by atoms with E-state index in [1.807, 2.05) is 24.4 Å². The smallest absolute Gasteiger partial charge is 0.223 e. The summed E-state index contributed by atoms with van der Waals surface area (Å²) < 4.78 is 2.15. The maximum atomic E-state index is 5.76. The highest BCUT2D eigenvalue weighted by Gasteiger charge is 2.27. The Balaban J connectivity index is 1.62. The summed E-state index contributed by atoms with van der Waals surface area (Å²) >= 11 is 0. The Morgan fingerprint density at radius 2 is 2.09 bits per heavy atom. The zero-order chi connectivity index (χ0) is 15.1. The van der Waals surface area contributed by atoms with Crippen LogP contribution in [-0.4, -0.2) is 32.4 Å². The van der Waals surface area contributed by atoms with Crippen LogP contribution >= 0.6 is 0 Å². The summed E-state index contributed by atoms with van der Waals surface area (Å²) in [5.41, 5.74) is 13.7. The van der Waals surface area contributed by atoms with Crippen LogP contribution in [0.5, 0.6) is 0 Å². The van der Waals surface area contributed by atoms with Gasteiger partial charge in [-0.05, 0) is 18.6 Å². The SMILES string of the molecule is Nc1cc(N2CCC(c3cnc4ccccn34)C2)nc(N)n1. The van der Waals surface area contributed by atoms with Gasteiger partial charge in [-0.1, -0.05) is 6.07 Å². The average Bonchev–Trinajstić information content (AvgIpc) is 3.12. The van der Waals surface area contributed by atoms with Crippen molar-refractivity contribution in [3.8, 4) is 0 Å². The number of pyridine rings is 1. The van der Waals surface area contributed by atoms with Gasteiger partial charge in [0, 0.05) is 43.2 Å². The Hall–Kier alpha value is -2.83. The van der Waals surface area contributed by atoms with E-state index in [2.05, 4.69) is 30.4 Å². The lowest BCUT2D eigenvalue weighted by Crippen LogP contribution is -2.21. The number of hydrogen-bond donors (Lipinski definition) is 2. The van der Waals surface area contributed by atoms with E-state index in [1.165, 1.54) is 5.69 Å². The van der Waals surface area contributed by atoms with Gasteiger partial charge in [0.05, 0.1) is 0 Å². The fourth-order valence-corrected chi connectivity index (χ4v) is 3.10. The van der Waals surface area contributed by atoms with Crippen molar-refractivity contribution >= 4 is 23.2 Å². The Bertz CT molecular complexity index is 805. The van der Waals surface area contributed by atoms with Crippen molar-refractivity contribution < 1.29 is 0 Å². The lowest BCUT2D eigenvalue weighted by Gasteiger charge is -2.18. The third-order valence-electron chi connectivity index (χ3n) is 4.13. The number of imidazole rings is 1. The van der Waals surface area contributed by atoms with Gasteiger partial charge >= 0.3 is 0 Å². The molecule has 0 amide bonds. The van der Waals surface area contributed by atoms with Gasteiger partial charge in [0.15, 0.2) is 0 Å². The van der Waals surface area contributed by atoms with E-state index in [0.29, 0.717) is 11.7 Å². The van der Waals surface area contributed by atoms with E-state index >= 15 is 0 Å². The Morgan fingerprint density at radius 1 is 1.18 bits per heavy atom. The summed E-state index contributed by atoms with van der Waals surface area (Å²) in [6.07, 6.45) is 5.07. The van der Waals surface area contributed by atoms with E-state index < -0.39 is 0 Å². The minimum atomic E-state index is 0.216. The maximum Gasteiger partial charge on any atom is 0.223 e. The van der Waals surface area contributed by atoms with Gasteiger partial charge in [0.25, 0.3) is 0 Å². The van der Waals surface area contributed by atoms with Gasteiger partial charge in [-0.2, -0.15) is 9.97 Å². The zero-order valence-electron chi connectivity index (χ0n) is 12.1. The molecule has 0 spiro atoms. The molecule has 3 aromatic rings. The number of nitrogens with two attached hydrogens (primary N) is 2. The number of rotatable bonds is 2. The third kappa shape index (κ3) is 2.11. The average molecular weight is 295 g/mol. The zero-order valence-corrected chi connectivity index (χ0v) is 12.1. The molecule has 1 aliphatic heterocycles. The van der Waals surface area contributed by atoms with Gasteiger partial charge in [0.1, 0.15) is 17.3 Å². The van der Waals surface area contributed by atoms with Crippen LogP contribution in [0.3, 0.4) is 0 Å². The van der Waals surface area contributed by atoms with Crippen LogP contribution in [0.25, 0.3) is 5.65 Å². The van der Waals surface area contributed by atoms with Crippen LogP contribution in [0.2, 0.25) is 0 Å². The topological polar surface area (TPSA) is 98.4 Å². The first-order valence-electron chi connectivity index (χ1n) is 7.27. The van der Waals surface area contributed by atoms with Gasteiger partial charge < -0.3 is 20.8 Å². The molecular weight excluding hydrogens is 278 g/mol. The molecule has 0 radical (unpaired) electrons. The van der Waals surface area contributed by atoms with E-state index in [0.717, 1.165) is 31.0 Å². The minimum Gasteiger partial charge on any atom is -0.383 e. The molecule has 0 saturated carbocycles. The van der Waals surface area contributed by atoms with E-state index in [1.54, 1.807) is 6.07 Å². The Labute approximate surface area is 127 Å². The summed E-state index contributed by atoms with van der Waals surface area (Å²) in [4.78, 5) is 14.9. The lowest BCUT2D eigenvalue weighted by atomic mass is 10.1. The van der Waals surface area contributed by atoms with Crippen LogP contribution < -0.4 is 16.4 Å². The Kier molecular flexibility index (Phi) is 2.85. The van der Waals surface area contributed by atoms with Crippen molar-refractivity contribution in [3.05, 3.63) is 42.4 Å². The number of nitrogens with zero attached hydrogens (tertiary/aromatic N) is 5. The fraction of sp³-hybridized carbons (Fsp3) is 0.267. The van der Waals surface area contributed by atoms with Crippen LogP contribution in [-0.2, 0) is 0 Å². The molecule has 4 N–H and O–H groups in total. The summed E-state index contributed by atoms with van der Waals surface area (Å²) in [6.45, 7) is 1.79. The molecule has 0 bridgehead atoms. The lowest BCUT2D eigenvalue weighted by molar-refractivity contribution is 0.734. The highest BCUT2D eigenvalue weighted by atomic mass is 15.2. The van der Waals surface area contributed by atoms with E-state index in [9.17, 15) is 0 Å². The van der Waals surface area contributed by atoms with Gasteiger partial charge in [0.2, 0.25) is 5.95 Å². The molecule has 7 nitrogen and oxygen atoms in total. The molecule has 7 heteroatoms. The molecule has 112 valence electrons. The van der Waals surface area contributed by atoms with Crippen molar-refractivity contribution in [3.63, 3.8) is 0 Å². The van der Waals surface area contributed by atoms with Crippen molar-refractivity contribution in [2.45, 2.75) is 12.3 Å². The molecule has 1 fully saturated rings. The standard InChI is InChI=1S/C15H17N7/c16-12-7-14(20-15(17)19-12)21-6-4-10(9-21)11-8-18-13-3-1-2-5-22(11)13/h1-3,5,7-8,10H,4,6,9H2,(H4,16,17,19,20). The molecule has 1 aliphatic rings. The van der Waals surface area contributed by atoms with Gasteiger partial charge in [-0.3, -0.25) is 0 Å². The van der Waals surface area contributed by atoms with E-state index in [-0.39, 0.29) is 5.95 Å². The van der Waals surface area contributed by atoms with Crippen LogP contribution in [0.15, 0.2) is 36.7 Å². The first-order valence-corrected chi connectivity index (χ1v) is 7.27. The summed E-state index contributed by atoms with van der Waals surface area (Å²) in [5, 5.41) is 0. The van der Waals surface area contributed by atoms with Crippen molar-refractivity contribution in [2.24, 2.45) is 0 Å². The fourth-order valence-electron chi connectivity index (χ4n) is 3.10. The molecule has 4 heterocycles. The largest absolute Gasteiger partial charge is 0.383 e. The molecule has 0 aliphatic carbocycles. The number of nitrogen functional groups attached to an aromatic ring is 2. The molecule has 1 unspecified atom stereocenters. The molecule has 1 saturated heterocycles. The predicted octanol–water partition coefficient (Wildman–Crippen LogP) is 1.28. The molecule has 1 atom stereocenters. The van der Waals surface area contributed by atoms with Crippen molar-refractivity contribution in [1.82, 2.24) is 19.4 Å². The summed E-state index contributed by atoms with van der Waals surface area (Å²) in [7, 11) is 0. The molecule has 4 rings (SSSR count). The van der Waals surface area contributed by atoms with Crippen LogP contribution in [0.4, 0.5) is 17.6 Å². The number of aromatic nitrogens is 4. The van der Waals surface area contributed by atoms with Gasteiger partial charge in [-0.25, -0.2) is 4.98 Å². The predicted molar refractivity (Wildman–Crippen MR) is 85.6 cm³/mol. The van der Waals surface area contributed by atoms with Gasteiger partial charge in [-0.15, -0.1) is 0 Å². The van der Waals surface area contributed by atoms with Crippen LogP contribution in [0, 0.1) is 0 Å². The van der Waals surface area contributed by atoms with Crippen molar-refractivity contribution in [2.75, 3.05) is 29.5 Å². The highest BCUT2D eigenvalue weighted by molar-refractivity contribution is 5.52. The maximum absolute atomic E-state index is 5.76.